The van der Waals surface area contributed by atoms with E-state index in [2.05, 4.69) is 4.74 Å². The average Bonchev–Trinajstić information content (AvgIpc) is 2.33. The van der Waals surface area contributed by atoms with E-state index in [0.717, 1.165) is 5.39 Å². The van der Waals surface area contributed by atoms with Crippen molar-refractivity contribution in [2.45, 2.75) is 6.54 Å². The molecule has 16 heavy (non-hydrogen) atoms. The Kier molecular flexibility index (Phi) is 2.72. The highest BCUT2D eigenvalue weighted by Crippen LogP contribution is 2.07. The molecule has 82 valence electrons. The summed E-state index contributed by atoms with van der Waals surface area (Å²) >= 11 is 0. The van der Waals surface area contributed by atoms with Gasteiger partial charge >= 0.3 is 5.97 Å². The zero-order valence-corrected chi connectivity index (χ0v) is 8.84. The molecule has 0 spiro atoms. The Bertz CT molecular complexity index is 586. The number of nitrogens with zero attached hydrogens (tertiary/aromatic N) is 1. The van der Waals surface area contributed by atoms with Crippen molar-refractivity contribution in [1.29, 1.82) is 0 Å². The number of rotatable bonds is 2. The summed E-state index contributed by atoms with van der Waals surface area (Å²) in [5.74, 6) is -0.433. The third-order valence-electron chi connectivity index (χ3n) is 2.41. The number of aromatic nitrogens is 1. The molecule has 0 fully saturated rings. The van der Waals surface area contributed by atoms with Gasteiger partial charge in [0.05, 0.1) is 7.11 Å². The number of methoxy groups -OCH3 is 1. The number of fused-ring (bicyclic) bond motifs is 1. The molecular weight excluding hydrogens is 206 g/mol. The van der Waals surface area contributed by atoms with Crippen molar-refractivity contribution < 1.29 is 9.53 Å². The minimum absolute atomic E-state index is 0.0554. The first kappa shape index (κ1) is 10.4. The Hall–Kier alpha value is -2.10. The first-order valence-electron chi connectivity index (χ1n) is 4.87. The maximum Gasteiger partial charge on any atom is 0.325 e. The molecule has 4 nitrogen and oxygen atoms in total. The van der Waals surface area contributed by atoms with Crippen LogP contribution in [-0.2, 0) is 16.1 Å². The molecule has 0 atom stereocenters. The van der Waals surface area contributed by atoms with E-state index in [9.17, 15) is 9.59 Å². The topological polar surface area (TPSA) is 48.3 Å². The van der Waals surface area contributed by atoms with Gasteiger partial charge < -0.3 is 9.30 Å². The van der Waals surface area contributed by atoms with E-state index in [1.807, 2.05) is 12.1 Å². The van der Waals surface area contributed by atoms with Crippen molar-refractivity contribution in [2.75, 3.05) is 7.11 Å². The van der Waals surface area contributed by atoms with Gasteiger partial charge in [-0.2, -0.15) is 0 Å². The van der Waals surface area contributed by atoms with E-state index in [1.54, 1.807) is 24.4 Å². The van der Waals surface area contributed by atoms with Crippen LogP contribution in [0.15, 0.2) is 41.3 Å². The maximum atomic E-state index is 11.9. The van der Waals surface area contributed by atoms with Crippen LogP contribution in [0.2, 0.25) is 0 Å². The molecule has 0 saturated heterocycles. The molecule has 0 saturated carbocycles. The Labute approximate surface area is 92.1 Å². The van der Waals surface area contributed by atoms with E-state index >= 15 is 0 Å². The van der Waals surface area contributed by atoms with Gasteiger partial charge in [-0.1, -0.05) is 18.2 Å². The molecule has 1 aromatic carbocycles. The molecule has 0 aliphatic carbocycles. The summed E-state index contributed by atoms with van der Waals surface area (Å²) < 4.78 is 5.86. The maximum absolute atomic E-state index is 11.9. The average molecular weight is 217 g/mol. The SMILES string of the molecule is COC(=O)Cn1ccc2ccccc2c1=O. The number of hydrogen-bond acceptors (Lipinski definition) is 3. The van der Waals surface area contributed by atoms with E-state index in [1.165, 1.54) is 11.7 Å². The highest BCUT2D eigenvalue weighted by Gasteiger charge is 2.06. The van der Waals surface area contributed by atoms with Gasteiger partial charge in [0.25, 0.3) is 5.56 Å². The second-order valence-electron chi connectivity index (χ2n) is 3.41. The number of ether oxygens (including phenoxy) is 1. The van der Waals surface area contributed by atoms with Crippen LogP contribution in [0, 0.1) is 0 Å². The van der Waals surface area contributed by atoms with Crippen molar-refractivity contribution in [3.05, 3.63) is 46.9 Å². The quantitative estimate of drug-likeness (QED) is 0.709. The van der Waals surface area contributed by atoms with Crippen LogP contribution in [0.25, 0.3) is 10.8 Å². The fourth-order valence-electron chi connectivity index (χ4n) is 1.56. The molecular formula is C12H11NO3. The molecule has 0 aliphatic rings. The monoisotopic (exact) mass is 217 g/mol. The highest BCUT2D eigenvalue weighted by molar-refractivity contribution is 5.81. The molecule has 0 bridgehead atoms. The molecule has 2 aromatic rings. The number of benzene rings is 1. The normalized spacial score (nSPS) is 10.3. The lowest BCUT2D eigenvalue weighted by atomic mass is 10.2. The zero-order chi connectivity index (χ0) is 11.5. The Morgan fingerprint density at radius 2 is 2.06 bits per heavy atom. The number of esters is 1. The fourth-order valence-corrected chi connectivity index (χ4v) is 1.56. The first-order chi connectivity index (χ1) is 7.72. The van der Waals surface area contributed by atoms with E-state index in [4.69, 9.17) is 0 Å². The molecule has 0 N–H and O–H groups in total. The summed E-state index contributed by atoms with van der Waals surface area (Å²) in [5, 5.41) is 1.47. The van der Waals surface area contributed by atoms with Gasteiger partial charge in [0.15, 0.2) is 0 Å². The minimum Gasteiger partial charge on any atom is -0.468 e. The molecule has 4 heteroatoms. The Morgan fingerprint density at radius 3 is 2.81 bits per heavy atom. The van der Waals surface area contributed by atoms with Crippen LogP contribution in [0.4, 0.5) is 0 Å². The van der Waals surface area contributed by atoms with Crippen molar-refractivity contribution >= 4 is 16.7 Å². The van der Waals surface area contributed by atoms with Crippen LogP contribution in [0.1, 0.15) is 0 Å². The summed E-state index contributed by atoms with van der Waals surface area (Å²) in [5.41, 5.74) is -0.177. The summed E-state index contributed by atoms with van der Waals surface area (Å²) in [7, 11) is 1.30. The van der Waals surface area contributed by atoms with Crippen molar-refractivity contribution in [2.24, 2.45) is 0 Å². The lowest BCUT2D eigenvalue weighted by molar-refractivity contribution is -0.141. The van der Waals surface area contributed by atoms with E-state index < -0.39 is 5.97 Å². The summed E-state index contributed by atoms with van der Waals surface area (Å²) in [4.78, 5) is 23.0. The fraction of sp³-hybridized carbons (Fsp3) is 0.167. The number of carbonyl (C=O) groups excluding carboxylic acids is 1. The molecule has 1 heterocycles. The number of hydrogen-bond donors (Lipinski definition) is 0. The Balaban J connectivity index is 2.53. The second-order valence-corrected chi connectivity index (χ2v) is 3.41. The van der Waals surface area contributed by atoms with Crippen LogP contribution in [0.3, 0.4) is 0 Å². The van der Waals surface area contributed by atoms with Gasteiger partial charge in [0.1, 0.15) is 6.54 Å². The van der Waals surface area contributed by atoms with Gasteiger partial charge in [-0.15, -0.1) is 0 Å². The van der Waals surface area contributed by atoms with Gasteiger partial charge in [0, 0.05) is 11.6 Å². The standard InChI is InChI=1S/C12H11NO3/c1-16-11(14)8-13-7-6-9-4-2-3-5-10(9)12(13)15/h2-7H,8H2,1H3. The number of carbonyl (C=O) groups is 1. The van der Waals surface area contributed by atoms with Gasteiger partial charge in [0.2, 0.25) is 0 Å². The van der Waals surface area contributed by atoms with Crippen molar-refractivity contribution in [1.82, 2.24) is 4.57 Å². The van der Waals surface area contributed by atoms with Gasteiger partial charge in [-0.3, -0.25) is 9.59 Å². The molecule has 1 aromatic heterocycles. The third kappa shape index (κ3) is 1.82. The highest BCUT2D eigenvalue weighted by atomic mass is 16.5. The second kappa shape index (κ2) is 4.18. The summed E-state index contributed by atoms with van der Waals surface area (Å²) in [6.07, 6.45) is 1.60. The molecule has 0 unspecified atom stereocenters. The van der Waals surface area contributed by atoms with E-state index in [0.29, 0.717) is 5.39 Å². The van der Waals surface area contributed by atoms with E-state index in [-0.39, 0.29) is 12.1 Å². The molecule has 2 rings (SSSR count). The van der Waals surface area contributed by atoms with Crippen molar-refractivity contribution in [3.8, 4) is 0 Å². The largest absolute Gasteiger partial charge is 0.468 e. The summed E-state index contributed by atoms with van der Waals surface area (Å²) in [6.45, 7) is -0.0554. The predicted octanol–water partition coefficient (Wildman–Crippen LogP) is 1.17. The first-order valence-corrected chi connectivity index (χ1v) is 4.87. The van der Waals surface area contributed by atoms with Crippen LogP contribution in [0.5, 0.6) is 0 Å². The van der Waals surface area contributed by atoms with Gasteiger partial charge in [-0.25, -0.2) is 0 Å². The number of pyridine rings is 1. The Morgan fingerprint density at radius 1 is 1.31 bits per heavy atom. The lowest BCUT2D eigenvalue weighted by Gasteiger charge is -2.05. The zero-order valence-electron chi connectivity index (χ0n) is 8.84. The molecule has 0 aliphatic heterocycles. The summed E-state index contributed by atoms with van der Waals surface area (Å²) in [6, 6.07) is 9.07. The predicted molar refractivity (Wildman–Crippen MR) is 60.2 cm³/mol. The lowest BCUT2D eigenvalue weighted by Crippen LogP contribution is -2.24. The van der Waals surface area contributed by atoms with Crippen LogP contribution >= 0.6 is 0 Å². The van der Waals surface area contributed by atoms with Crippen LogP contribution < -0.4 is 5.56 Å². The third-order valence-corrected chi connectivity index (χ3v) is 2.41. The smallest absolute Gasteiger partial charge is 0.325 e. The minimum atomic E-state index is -0.433. The molecule has 0 radical (unpaired) electrons. The van der Waals surface area contributed by atoms with Gasteiger partial charge in [-0.05, 0) is 17.5 Å². The van der Waals surface area contributed by atoms with Crippen LogP contribution in [-0.4, -0.2) is 17.6 Å². The van der Waals surface area contributed by atoms with Crippen molar-refractivity contribution in [3.63, 3.8) is 0 Å². The molecule has 0 amide bonds.